The van der Waals surface area contributed by atoms with Crippen LogP contribution in [0.25, 0.3) is 10.9 Å². The fourth-order valence-corrected chi connectivity index (χ4v) is 10.8. The Morgan fingerprint density at radius 1 is 1.03 bits per heavy atom. The molecule has 4 fully saturated rings. The zero-order valence-corrected chi connectivity index (χ0v) is 37.6. The minimum Gasteiger partial charge on any atom is -0.451 e. The first kappa shape index (κ1) is 45.9. The van der Waals surface area contributed by atoms with E-state index in [2.05, 4.69) is 25.2 Å². The van der Waals surface area contributed by atoms with Gasteiger partial charge in [0.05, 0.1) is 34.5 Å². The second-order valence-electron chi connectivity index (χ2n) is 17.5. The summed E-state index contributed by atoms with van der Waals surface area (Å²) in [6.07, 6.45) is 7.36. The number of imide groups is 1. The Labute approximate surface area is 380 Å². The summed E-state index contributed by atoms with van der Waals surface area (Å²) < 4.78 is 66.6. The molecule has 3 aliphatic heterocycles. The monoisotopic (exact) mass is 933 g/mol. The lowest BCUT2D eigenvalue weighted by atomic mass is 9.77. The van der Waals surface area contributed by atoms with Crippen molar-refractivity contribution < 1.29 is 36.3 Å². The number of anilines is 2. The van der Waals surface area contributed by atoms with Crippen molar-refractivity contribution in [3.05, 3.63) is 86.9 Å². The molecule has 3 aromatic carbocycles. The number of piperidine rings is 3. The first-order chi connectivity index (χ1) is 31.1. The number of aromatic nitrogens is 2. The van der Waals surface area contributed by atoms with Gasteiger partial charge in [-0.25, -0.2) is 13.8 Å². The number of nitrogens with zero attached hydrogens (tertiary/aromatic N) is 6. The third-order valence-corrected chi connectivity index (χ3v) is 15.5. The molecular weight excluding hydrogens is 884 g/mol. The Morgan fingerprint density at radius 3 is 2.48 bits per heavy atom. The molecule has 4 aromatic rings. The normalized spacial score (nSPS) is 20.5. The van der Waals surface area contributed by atoms with Crippen LogP contribution in [0.3, 0.4) is 0 Å². The summed E-state index contributed by atoms with van der Waals surface area (Å²) in [5.41, 5.74) is 0.299. The van der Waals surface area contributed by atoms with Crippen LogP contribution in [0.2, 0.25) is 5.02 Å². The number of amides is 3. The SMILES string of the molecule is CCN(C)S(=O)(=O)Nc1ccc(F)c(Oc2ccc3ncn([C@@H]4CCC5(CCN(C(=O)CN6CCC(c7ccc(NC8CCC(=O)NC8=O)cc7F)CC6)CC5)C4)c(=O)c3c2Cl)c1C#N. The van der Waals surface area contributed by atoms with E-state index in [1.165, 1.54) is 31.6 Å². The van der Waals surface area contributed by atoms with E-state index >= 15 is 8.78 Å². The second kappa shape index (κ2) is 18.7. The summed E-state index contributed by atoms with van der Waals surface area (Å²) >= 11 is 6.79. The molecule has 1 unspecified atom stereocenters. The van der Waals surface area contributed by atoms with E-state index in [0.29, 0.717) is 68.6 Å². The fourth-order valence-electron chi connectivity index (χ4n) is 9.63. The smallest absolute Gasteiger partial charge is 0.301 e. The second-order valence-corrected chi connectivity index (χ2v) is 19.6. The standard InChI is InChI=1S/C45H50ClF2N9O7S/c1-3-54(2)65(62,63)53-34-7-6-32(47)42(31(34)24-49)64-37-10-8-35-40(41(37)46)44(61)57(26-50-35)29-12-15-45(23-29)16-20-56(21-17-45)39(59)25-55-18-13-27(14-19-55)30-5-4-28(22-33(30)48)51-36-9-11-38(58)52-43(36)60/h4-8,10,22,26-27,29,36,51,53H,3,9,11-21,23,25H2,1-2H3,(H,52,58,60)/t29-,36?/m1/s1. The van der Waals surface area contributed by atoms with Gasteiger partial charge in [0.2, 0.25) is 17.7 Å². The van der Waals surface area contributed by atoms with Crippen molar-refractivity contribution in [2.24, 2.45) is 5.41 Å². The zero-order chi connectivity index (χ0) is 46.2. The largest absolute Gasteiger partial charge is 0.451 e. The minimum absolute atomic E-state index is 0.00318. The molecule has 65 heavy (non-hydrogen) atoms. The number of carbonyl (C=O) groups is 3. The van der Waals surface area contributed by atoms with E-state index < -0.39 is 44.8 Å². The number of halogens is 3. The van der Waals surface area contributed by atoms with Crippen LogP contribution in [-0.2, 0) is 24.6 Å². The quantitative estimate of drug-likeness (QED) is 0.140. The Morgan fingerprint density at radius 2 is 1.78 bits per heavy atom. The van der Waals surface area contributed by atoms with Crippen molar-refractivity contribution in [2.75, 3.05) is 56.4 Å². The van der Waals surface area contributed by atoms with E-state index in [4.69, 9.17) is 16.3 Å². The average molecular weight is 934 g/mol. The van der Waals surface area contributed by atoms with E-state index in [0.717, 1.165) is 42.1 Å². The highest BCUT2D eigenvalue weighted by atomic mass is 35.5. The van der Waals surface area contributed by atoms with Crippen LogP contribution in [0.15, 0.2) is 53.6 Å². The molecule has 20 heteroatoms. The molecule has 16 nitrogen and oxygen atoms in total. The predicted octanol–water partition coefficient (Wildman–Crippen LogP) is 6.03. The lowest BCUT2D eigenvalue weighted by molar-refractivity contribution is -0.135. The van der Waals surface area contributed by atoms with Crippen LogP contribution in [0.1, 0.15) is 87.8 Å². The minimum atomic E-state index is -4.06. The summed E-state index contributed by atoms with van der Waals surface area (Å²) in [5, 5.41) is 15.2. The van der Waals surface area contributed by atoms with Crippen LogP contribution in [0.4, 0.5) is 20.2 Å². The average Bonchev–Trinajstić information content (AvgIpc) is 3.69. The number of benzene rings is 3. The van der Waals surface area contributed by atoms with Crippen LogP contribution < -0.4 is 25.7 Å². The Hall–Kier alpha value is -5.68. The summed E-state index contributed by atoms with van der Waals surface area (Å²) in [7, 11) is -2.71. The van der Waals surface area contributed by atoms with Gasteiger partial charge >= 0.3 is 10.2 Å². The number of hydrogen-bond donors (Lipinski definition) is 3. The number of carbonyl (C=O) groups excluding carboxylic acids is 3. The van der Waals surface area contributed by atoms with Gasteiger partial charge in [0.15, 0.2) is 11.6 Å². The van der Waals surface area contributed by atoms with E-state index in [1.807, 2.05) is 11.0 Å². The van der Waals surface area contributed by atoms with Gasteiger partial charge in [-0.1, -0.05) is 24.6 Å². The van der Waals surface area contributed by atoms with Gasteiger partial charge < -0.3 is 15.0 Å². The van der Waals surface area contributed by atoms with Gasteiger partial charge in [0.1, 0.15) is 29.2 Å². The van der Waals surface area contributed by atoms with Crippen LogP contribution in [-0.4, -0.2) is 102 Å². The van der Waals surface area contributed by atoms with E-state index in [-0.39, 0.29) is 76.4 Å². The molecule has 4 aliphatic rings. The van der Waals surface area contributed by atoms with Crippen molar-refractivity contribution in [1.82, 2.24) is 29.0 Å². The van der Waals surface area contributed by atoms with Crippen LogP contribution in [0, 0.1) is 28.4 Å². The molecule has 1 aromatic heterocycles. The first-order valence-corrected chi connectivity index (χ1v) is 23.6. The van der Waals surface area contributed by atoms with Crippen molar-refractivity contribution in [2.45, 2.75) is 82.7 Å². The molecule has 1 saturated carbocycles. The Balaban J connectivity index is 0.862. The number of hydrogen-bond acceptors (Lipinski definition) is 11. The van der Waals surface area contributed by atoms with Crippen molar-refractivity contribution in [3.8, 4) is 17.6 Å². The number of fused-ring (bicyclic) bond motifs is 1. The van der Waals surface area contributed by atoms with Crippen LogP contribution in [0.5, 0.6) is 11.5 Å². The molecule has 3 N–H and O–H groups in total. The number of likely N-dealkylation sites (tertiary alicyclic amines) is 2. The molecular formula is C45H50ClF2N9O7S. The highest BCUT2D eigenvalue weighted by Gasteiger charge is 2.43. The van der Waals surface area contributed by atoms with Gasteiger partial charge in [0, 0.05) is 44.8 Å². The summed E-state index contributed by atoms with van der Waals surface area (Å²) in [5.74, 6) is -2.65. The topological polar surface area (TPSA) is 199 Å². The van der Waals surface area contributed by atoms with Gasteiger partial charge in [-0.2, -0.15) is 18.0 Å². The lowest BCUT2D eigenvalue weighted by Crippen LogP contribution is -2.47. The maximum Gasteiger partial charge on any atom is 0.301 e. The fraction of sp³-hybridized carbons (Fsp3) is 0.467. The summed E-state index contributed by atoms with van der Waals surface area (Å²) in [6.45, 7) is 4.57. The highest BCUT2D eigenvalue weighted by molar-refractivity contribution is 7.90. The first-order valence-electron chi connectivity index (χ1n) is 21.8. The van der Waals surface area contributed by atoms with Gasteiger partial charge in [-0.3, -0.25) is 38.7 Å². The number of ether oxygens (including phenoxy) is 1. The predicted molar refractivity (Wildman–Crippen MR) is 239 cm³/mol. The van der Waals surface area contributed by atoms with Crippen molar-refractivity contribution >= 4 is 61.8 Å². The van der Waals surface area contributed by atoms with Gasteiger partial charge in [0.25, 0.3) is 5.56 Å². The molecule has 1 aliphatic carbocycles. The number of rotatable bonds is 12. The highest BCUT2D eigenvalue weighted by Crippen LogP contribution is 2.50. The molecule has 8 rings (SSSR count). The maximum atomic E-state index is 15.3. The van der Waals surface area contributed by atoms with Gasteiger partial charge in [-0.15, -0.1) is 0 Å². The summed E-state index contributed by atoms with van der Waals surface area (Å²) in [6, 6.07) is 10.9. The van der Waals surface area contributed by atoms with Crippen molar-refractivity contribution in [3.63, 3.8) is 0 Å². The zero-order valence-electron chi connectivity index (χ0n) is 36.0. The number of nitriles is 1. The molecule has 3 saturated heterocycles. The van der Waals surface area contributed by atoms with Gasteiger partial charge in [-0.05, 0) is 118 Å². The third-order valence-electron chi connectivity index (χ3n) is 13.6. The summed E-state index contributed by atoms with van der Waals surface area (Å²) in [4.78, 5) is 59.8. The maximum absolute atomic E-state index is 15.3. The molecule has 2 atom stereocenters. The van der Waals surface area contributed by atoms with E-state index in [9.17, 15) is 32.9 Å². The molecule has 0 bridgehead atoms. The van der Waals surface area contributed by atoms with E-state index in [1.54, 1.807) is 23.6 Å². The Bertz CT molecular complexity index is 2750. The molecule has 4 heterocycles. The van der Waals surface area contributed by atoms with Crippen LogP contribution >= 0.6 is 11.6 Å². The number of nitrogens with one attached hydrogen (secondary N) is 3. The molecule has 3 amide bonds. The molecule has 1 spiro atoms. The third kappa shape index (κ3) is 9.53. The molecule has 0 radical (unpaired) electrons. The van der Waals surface area contributed by atoms with Crippen molar-refractivity contribution in [1.29, 1.82) is 5.26 Å². The lowest BCUT2D eigenvalue weighted by Gasteiger charge is -2.40. The molecule has 344 valence electrons. The Kier molecular flexibility index (Phi) is 13.2.